The fourth-order valence-electron chi connectivity index (χ4n) is 2.39. The van der Waals surface area contributed by atoms with E-state index in [1.807, 2.05) is 13.8 Å². The van der Waals surface area contributed by atoms with Crippen LogP contribution in [0.2, 0.25) is 0 Å². The summed E-state index contributed by atoms with van der Waals surface area (Å²) in [5, 5.41) is 0. The normalized spacial score (nSPS) is 11.8. The highest BCUT2D eigenvalue weighted by atomic mass is 35.5. The molecule has 150 valence electrons. The summed E-state index contributed by atoms with van der Waals surface area (Å²) in [5.74, 6) is -0.0835. The van der Waals surface area contributed by atoms with E-state index in [1.54, 1.807) is 31.9 Å². The molecule has 1 aromatic carbocycles. The number of ether oxygens (including phenoxy) is 1. The summed E-state index contributed by atoms with van der Waals surface area (Å²) in [7, 11) is -0.728. The zero-order valence-corrected chi connectivity index (χ0v) is 17.8. The van der Waals surface area contributed by atoms with Crippen molar-refractivity contribution in [2.24, 2.45) is 11.1 Å². The third kappa shape index (κ3) is 6.42. The molecule has 1 rings (SSSR count). The molecular weight excluding hydrogens is 378 g/mol. The molecule has 0 aromatic heterocycles. The maximum atomic E-state index is 12.7. The Kier molecular flexibility index (Phi) is 9.05. The van der Waals surface area contributed by atoms with Crippen LogP contribution in [0.4, 0.5) is 0 Å². The van der Waals surface area contributed by atoms with E-state index in [0.717, 1.165) is 0 Å². The molecule has 0 heterocycles. The Labute approximate surface area is 162 Å². The van der Waals surface area contributed by atoms with Gasteiger partial charge in [0.05, 0.1) is 7.11 Å². The van der Waals surface area contributed by atoms with Crippen LogP contribution < -0.4 is 15.2 Å². The Morgan fingerprint density at radius 2 is 1.92 bits per heavy atom. The molecule has 0 saturated heterocycles. The molecule has 7 nitrogen and oxygen atoms in total. The largest absolute Gasteiger partial charge is 0.495 e. The number of carbonyl (C=O) groups is 1. The van der Waals surface area contributed by atoms with Crippen molar-refractivity contribution in [1.29, 1.82) is 0 Å². The second kappa shape index (κ2) is 9.55. The topological polar surface area (TPSA) is 102 Å². The summed E-state index contributed by atoms with van der Waals surface area (Å²) < 4.78 is 32.7. The van der Waals surface area contributed by atoms with Crippen LogP contribution in [-0.2, 0) is 10.0 Å². The van der Waals surface area contributed by atoms with E-state index in [9.17, 15) is 13.2 Å². The van der Waals surface area contributed by atoms with Crippen LogP contribution in [0.1, 0.15) is 38.1 Å². The van der Waals surface area contributed by atoms with Crippen molar-refractivity contribution in [3.05, 3.63) is 23.8 Å². The van der Waals surface area contributed by atoms with Gasteiger partial charge in [-0.2, -0.15) is 0 Å². The number of halogens is 1. The van der Waals surface area contributed by atoms with E-state index >= 15 is 0 Å². The van der Waals surface area contributed by atoms with Crippen molar-refractivity contribution < 1.29 is 17.9 Å². The summed E-state index contributed by atoms with van der Waals surface area (Å²) in [6.07, 6.45) is 0. The third-order valence-electron chi connectivity index (χ3n) is 3.66. The minimum Gasteiger partial charge on any atom is -0.495 e. The van der Waals surface area contributed by atoms with E-state index in [0.29, 0.717) is 13.1 Å². The lowest BCUT2D eigenvalue weighted by Crippen LogP contribution is -2.39. The lowest BCUT2D eigenvalue weighted by atomic mass is 9.93. The Morgan fingerprint density at radius 1 is 1.35 bits per heavy atom. The van der Waals surface area contributed by atoms with Crippen LogP contribution in [-0.4, -0.2) is 52.5 Å². The van der Waals surface area contributed by atoms with Crippen LogP contribution in [0, 0.1) is 5.41 Å². The Balaban J connectivity index is 0.00000625. The smallest absolute Gasteiger partial charge is 0.253 e. The minimum absolute atomic E-state index is 0. The number of amides is 1. The van der Waals surface area contributed by atoms with Crippen molar-refractivity contribution in [1.82, 2.24) is 9.62 Å². The highest BCUT2D eigenvalue weighted by Crippen LogP contribution is 2.26. The molecule has 9 heteroatoms. The number of sulfonamides is 1. The van der Waals surface area contributed by atoms with Gasteiger partial charge in [0, 0.05) is 25.2 Å². The molecule has 1 amide bonds. The second-order valence-electron chi connectivity index (χ2n) is 7.17. The fraction of sp³-hybridized carbons (Fsp3) is 0.588. The van der Waals surface area contributed by atoms with E-state index < -0.39 is 10.0 Å². The van der Waals surface area contributed by atoms with Gasteiger partial charge in [-0.15, -0.1) is 12.4 Å². The first-order chi connectivity index (χ1) is 11.4. The summed E-state index contributed by atoms with van der Waals surface area (Å²) >= 11 is 0. The highest BCUT2D eigenvalue weighted by molar-refractivity contribution is 7.89. The second-order valence-corrected chi connectivity index (χ2v) is 8.85. The Hall–Kier alpha value is -1.35. The van der Waals surface area contributed by atoms with Crippen LogP contribution in [0.5, 0.6) is 5.75 Å². The molecule has 0 atom stereocenters. The van der Waals surface area contributed by atoms with Crippen molar-refractivity contribution in [2.75, 3.05) is 27.2 Å². The predicted molar refractivity (Wildman–Crippen MR) is 105 cm³/mol. The summed E-state index contributed by atoms with van der Waals surface area (Å²) in [6.45, 7) is 8.27. The zero-order valence-electron chi connectivity index (χ0n) is 16.2. The monoisotopic (exact) mass is 407 g/mol. The molecule has 1 aromatic rings. The van der Waals surface area contributed by atoms with Crippen LogP contribution in [0.25, 0.3) is 0 Å². The van der Waals surface area contributed by atoms with Gasteiger partial charge in [-0.3, -0.25) is 4.79 Å². The van der Waals surface area contributed by atoms with Gasteiger partial charge in [-0.1, -0.05) is 13.8 Å². The van der Waals surface area contributed by atoms with Gasteiger partial charge in [0.2, 0.25) is 10.0 Å². The number of nitrogens with two attached hydrogens (primary N) is 1. The fourth-order valence-corrected chi connectivity index (χ4v) is 3.84. The molecule has 0 aliphatic rings. The molecule has 0 aliphatic heterocycles. The Bertz CT molecular complexity index is 721. The molecule has 26 heavy (non-hydrogen) atoms. The van der Waals surface area contributed by atoms with E-state index in [2.05, 4.69) is 4.72 Å². The molecule has 3 N–H and O–H groups in total. The first-order valence-corrected chi connectivity index (χ1v) is 9.58. The lowest BCUT2D eigenvalue weighted by molar-refractivity contribution is 0.0740. The first kappa shape index (κ1) is 24.7. The molecule has 0 unspecified atom stereocenters. The van der Waals surface area contributed by atoms with Crippen LogP contribution >= 0.6 is 12.4 Å². The average Bonchev–Trinajstić information content (AvgIpc) is 2.51. The van der Waals surface area contributed by atoms with E-state index in [-0.39, 0.29) is 46.0 Å². The van der Waals surface area contributed by atoms with Gasteiger partial charge in [0.1, 0.15) is 10.6 Å². The van der Waals surface area contributed by atoms with Crippen molar-refractivity contribution in [2.45, 2.75) is 38.6 Å². The summed E-state index contributed by atoms with van der Waals surface area (Å²) in [5.41, 5.74) is 5.76. The van der Waals surface area contributed by atoms with Gasteiger partial charge in [-0.25, -0.2) is 13.1 Å². The maximum Gasteiger partial charge on any atom is 0.253 e. The number of hydrogen-bond acceptors (Lipinski definition) is 5. The zero-order chi connectivity index (χ0) is 19.4. The molecule has 0 saturated carbocycles. The summed E-state index contributed by atoms with van der Waals surface area (Å²) in [6, 6.07) is 4.12. The van der Waals surface area contributed by atoms with E-state index in [4.69, 9.17) is 10.5 Å². The van der Waals surface area contributed by atoms with Crippen molar-refractivity contribution in [3.63, 3.8) is 0 Å². The number of benzene rings is 1. The van der Waals surface area contributed by atoms with E-state index in [1.165, 1.54) is 19.2 Å². The van der Waals surface area contributed by atoms with Gasteiger partial charge >= 0.3 is 0 Å². The SMILES string of the molecule is COc1ccc(C(=O)N(C)CC(C)(C)CN)cc1S(=O)(=O)NC(C)C.Cl. The first-order valence-electron chi connectivity index (χ1n) is 8.09. The van der Waals surface area contributed by atoms with Crippen LogP contribution in [0.15, 0.2) is 23.1 Å². The average molecular weight is 408 g/mol. The van der Waals surface area contributed by atoms with Gasteiger partial charge in [0.25, 0.3) is 5.91 Å². The molecule has 0 bridgehead atoms. The van der Waals surface area contributed by atoms with Crippen molar-refractivity contribution >= 4 is 28.3 Å². The highest BCUT2D eigenvalue weighted by Gasteiger charge is 2.25. The lowest BCUT2D eigenvalue weighted by Gasteiger charge is -2.29. The van der Waals surface area contributed by atoms with Gasteiger partial charge < -0.3 is 15.4 Å². The number of nitrogens with one attached hydrogen (secondary N) is 1. The van der Waals surface area contributed by atoms with Gasteiger partial charge in [-0.05, 0) is 44.0 Å². The number of nitrogens with zero attached hydrogens (tertiary/aromatic N) is 1. The standard InChI is InChI=1S/C17H29N3O4S.ClH/c1-12(2)19-25(22,23)15-9-13(7-8-14(15)24-6)16(21)20(5)11-17(3,4)10-18;/h7-9,12,19H,10-11,18H2,1-6H3;1H. The summed E-state index contributed by atoms with van der Waals surface area (Å²) in [4.78, 5) is 14.2. The molecule has 0 spiro atoms. The predicted octanol–water partition coefficient (Wildman–Crippen LogP) is 1.86. The molecule has 0 aliphatic carbocycles. The number of methoxy groups -OCH3 is 1. The molecule has 0 fully saturated rings. The maximum absolute atomic E-state index is 12.7. The third-order valence-corrected chi connectivity index (χ3v) is 5.34. The number of carbonyl (C=O) groups excluding carboxylic acids is 1. The molecular formula is C17H30ClN3O4S. The van der Waals surface area contributed by atoms with Crippen LogP contribution in [0.3, 0.4) is 0 Å². The minimum atomic E-state index is -3.79. The number of hydrogen-bond donors (Lipinski definition) is 2. The van der Waals surface area contributed by atoms with Crippen molar-refractivity contribution in [3.8, 4) is 5.75 Å². The quantitative estimate of drug-likeness (QED) is 0.684. The Morgan fingerprint density at radius 3 is 2.38 bits per heavy atom. The number of rotatable bonds is 8. The van der Waals surface area contributed by atoms with Gasteiger partial charge in [0.15, 0.2) is 0 Å². The molecule has 0 radical (unpaired) electrons.